The van der Waals surface area contributed by atoms with Crippen LogP contribution in [0.4, 0.5) is 0 Å². The molecule has 0 spiro atoms. The smallest absolute Gasteiger partial charge is 0.186 e. The maximum absolute atomic E-state index is 9.62. The monoisotopic (exact) mass is 314 g/mol. The van der Waals surface area contributed by atoms with E-state index in [1.807, 2.05) is 22.6 Å². The van der Waals surface area contributed by atoms with Crippen molar-refractivity contribution in [2.45, 2.75) is 35.5 Å². The summed E-state index contributed by atoms with van der Waals surface area (Å²) < 4.78 is 10.1. The van der Waals surface area contributed by atoms with E-state index in [9.17, 15) is 10.2 Å². The lowest BCUT2D eigenvalue weighted by Crippen LogP contribution is -2.56. The minimum Gasteiger partial charge on any atom is -0.394 e. The quantitative estimate of drug-likeness (QED) is 0.473. The van der Waals surface area contributed by atoms with E-state index < -0.39 is 24.6 Å². The Balaban J connectivity index is 2.63. The van der Waals surface area contributed by atoms with Crippen LogP contribution in [-0.2, 0) is 9.47 Å². The number of aliphatic hydroxyl groups excluding tert-OH is 3. The zero-order chi connectivity index (χ0) is 10.7. The second-order valence-corrected chi connectivity index (χ2v) is 4.54. The van der Waals surface area contributed by atoms with Gasteiger partial charge >= 0.3 is 0 Å². The van der Waals surface area contributed by atoms with Gasteiger partial charge < -0.3 is 24.8 Å². The second-order valence-electron chi connectivity index (χ2n) is 3.11. The summed E-state index contributed by atoms with van der Waals surface area (Å²) in [7, 11) is 0. The Bertz CT molecular complexity index is 175. The summed E-state index contributed by atoms with van der Waals surface area (Å²) in [4.78, 5) is 0. The molecule has 5 atom stereocenters. The molecular formula is C8H15IO5. The Morgan fingerprint density at radius 2 is 2.00 bits per heavy atom. The first-order chi connectivity index (χ1) is 6.61. The van der Waals surface area contributed by atoms with Gasteiger partial charge in [-0.15, -0.1) is 0 Å². The zero-order valence-corrected chi connectivity index (χ0v) is 9.99. The number of hydrogen-bond donors (Lipinski definition) is 3. The van der Waals surface area contributed by atoms with Gasteiger partial charge in [0.25, 0.3) is 0 Å². The number of hydrogen-bond acceptors (Lipinski definition) is 5. The van der Waals surface area contributed by atoms with Crippen molar-refractivity contribution in [1.82, 2.24) is 0 Å². The molecular weight excluding hydrogens is 299 g/mol. The highest BCUT2D eigenvalue weighted by Crippen LogP contribution is 2.27. The number of alkyl halides is 1. The van der Waals surface area contributed by atoms with Gasteiger partial charge in [-0.25, -0.2) is 0 Å². The number of halogens is 1. The van der Waals surface area contributed by atoms with E-state index in [0.717, 1.165) is 0 Å². The van der Waals surface area contributed by atoms with Crippen LogP contribution in [0, 0.1) is 0 Å². The van der Waals surface area contributed by atoms with Crippen LogP contribution in [0.5, 0.6) is 0 Å². The number of aliphatic hydroxyl groups is 3. The largest absolute Gasteiger partial charge is 0.394 e. The van der Waals surface area contributed by atoms with E-state index in [1.54, 1.807) is 6.92 Å². The van der Waals surface area contributed by atoms with Crippen LogP contribution < -0.4 is 0 Å². The SMILES string of the molecule is CCOC1O[C@H](CO)[C@H]([123I])[C@H](O)[C@H]1O. The maximum atomic E-state index is 9.62. The fraction of sp³-hybridized carbons (Fsp3) is 1.00. The van der Waals surface area contributed by atoms with Crippen molar-refractivity contribution >= 4 is 22.6 Å². The first kappa shape index (κ1) is 12.6. The van der Waals surface area contributed by atoms with Crippen LogP contribution in [0.15, 0.2) is 0 Å². The Kier molecular flexibility index (Phi) is 5.01. The Morgan fingerprint density at radius 3 is 2.50 bits per heavy atom. The molecule has 3 N–H and O–H groups in total. The lowest BCUT2D eigenvalue weighted by molar-refractivity contribution is -0.264. The molecule has 0 aromatic heterocycles. The van der Waals surface area contributed by atoms with E-state index in [4.69, 9.17) is 14.6 Å². The van der Waals surface area contributed by atoms with Crippen molar-refractivity contribution in [1.29, 1.82) is 0 Å². The van der Waals surface area contributed by atoms with Crippen molar-refractivity contribution in [2.75, 3.05) is 13.2 Å². The normalized spacial score (nSPS) is 43.9. The fourth-order valence-electron chi connectivity index (χ4n) is 1.34. The third-order valence-corrected chi connectivity index (χ3v) is 3.67. The van der Waals surface area contributed by atoms with Gasteiger partial charge in [-0.3, -0.25) is 0 Å². The van der Waals surface area contributed by atoms with Gasteiger partial charge in [0.2, 0.25) is 0 Å². The van der Waals surface area contributed by atoms with Crippen molar-refractivity contribution < 1.29 is 24.8 Å². The van der Waals surface area contributed by atoms with Crippen LogP contribution in [0.1, 0.15) is 6.92 Å². The van der Waals surface area contributed by atoms with E-state index in [-0.39, 0.29) is 10.5 Å². The van der Waals surface area contributed by atoms with Crippen molar-refractivity contribution in [3.05, 3.63) is 0 Å². The van der Waals surface area contributed by atoms with Crippen molar-refractivity contribution in [2.24, 2.45) is 0 Å². The average molecular weight is 314 g/mol. The van der Waals surface area contributed by atoms with Gasteiger partial charge in [-0.1, -0.05) is 22.6 Å². The van der Waals surface area contributed by atoms with Gasteiger partial charge in [-0.05, 0) is 6.92 Å². The van der Waals surface area contributed by atoms with Gasteiger partial charge in [0.05, 0.1) is 22.7 Å². The number of ether oxygens (including phenoxy) is 2. The molecule has 0 saturated carbocycles. The van der Waals surface area contributed by atoms with E-state index in [0.29, 0.717) is 6.61 Å². The molecule has 1 aliphatic rings. The van der Waals surface area contributed by atoms with Crippen LogP contribution >= 0.6 is 22.6 Å². The summed E-state index contributed by atoms with van der Waals surface area (Å²) in [5.41, 5.74) is 0. The molecule has 1 fully saturated rings. The van der Waals surface area contributed by atoms with Gasteiger partial charge in [0.1, 0.15) is 6.10 Å². The van der Waals surface area contributed by atoms with Gasteiger partial charge in [0, 0.05) is 6.61 Å². The second kappa shape index (κ2) is 5.57. The van der Waals surface area contributed by atoms with Crippen molar-refractivity contribution in [3.8, 4) is 0 Å². The summed E-state index contributed by atoms with van der Waals surface area (Å²) >= 11 is 1.95. The standard InChI is InChI=1S/C8H15IO5/c1-2-13-8-7(12)6(11)5(9)4(3-10)14-8/h4-8,10-12H,2-3H2,1H3/t4-,5+,6+,7-,8?/m1/s1/i9-4. The van der Waals surface area contributed by atoms with Crippen LogP contribution in [-0.4, -0.2) is 57.1 Å². The first-order valence-corrected chi connectivity index (χ1v) is 5.74. The molecule has 14 heavy (non-hydrogen) atoms. The van der Waals surface area contributed by atoms with Crippen molar-refractivity contribution in [3.63, 3.8) is 0 Å². The molecule has 1 heterocycles. The molecule has 84 valence electrons. The predicted molar refractivity (Wildman–Crippen MR) is 57.2 cm³/mol. The van der Waals surface area contributed by atoms with Gasteiger partial charge in [-0.2, -0.15) is 0 Å². The highest BCUT2D eigenvalue weighted by atomic mass is 123. The third kappa shape index (κ3) is 2.56. The molecule has 6 heteroatoms. The Morgan fingerprint density at radius 1 is 1.36 bits per heavy atom. The lowest BCUT2D eigenvalue weighted by atomic mass is 10.0. The summed E-state index contributed by atoms with van der Waals surface area (Å²) in [5.74, 6) is 0. The van der Waals surface area contributed by atoms with Gasteiger partial charge in [0.15, 0.2) is 6.29 Å². The molecule has 0 radical (unpaired) electrons. The lowest BCUT2D eigenvalue weighted by Gasteiger charge is -2.39. The molecule has 5 nitrogen and oxygen atoms in total. The van der Waals surface area contributed by atoms with E-state index in [1.165, 1.54) is 0 Å². The molecule has 1 rings (SSSR count). The van der Waals surface area contributed by atoms with E-state index >= 15 is 0 Å². The predicted octanol–water partition coefficient (Wildman–Crippen LogP) is -0.735. The minimum absolute atomic E-state index is 0.193. The average Bonchev–Trinajstić information content (AvgIpc) is 2.19. The molecule has 0 amide bonds. The highest BCUT2D eigenvalue weighted by Gasteiger charge is 2.43. The molecule has 1 unspecified atom stereocenters. The summed E-state index contributed by atoms with van der Waals surface area (Å²) in [6.45, 7) is 1.96. The van der Waals surface area contributed by atoms with Crippen LogP contribution in [0.2, 0.25) is 0 Å². The molecule has 1 saturated heterocycles. The Hall–Kier alpha value is 0.530. The molecule has 1 aliphatic heterocycles. The molecule has 0 bridgehead atoms. The summed E-state index contributed by atoms with van der Waals surface area (Å²) in [5, 5.41) is 28.2. The van der Waals surface area contributed by atoms with Crippen LogP contribution in [0.25, 0.3) is 0 Å². The summed E-state index contributed by atoms with van der Waals surface area (Å²) in [6.07, 6.45) is -3.33. The minimum atomic E-state index is -1.06. The molecule has 0 aromatic rings. The molecule has 0 aromatic carbocycles. The zero-order valence-electron chi connectivity index (χ0n) is 7.84. The summed E-state index contributed by atoms with van der Waals surface area (Å²) in [6, 6.07) is 0. The highest BCUT2D eigenvalue weighted by molar-refractivity contribution is 14.1. The topological polar surface area (TPSA) is 79.2 Å². The first-order valence-electron chi connectivity index (χ1n) is 4.50. The fourth-order valence-corrected chi connectivity index (χ4v) is 2.17. The van der Waals surface area contributed by atoms with E-state index in [2.05, 4.69) is 0 Å². The number of rotatable bonds is 3. The maximum Gasteiger partial charge on any atom is 0.186 e. The van der Waals surface area contributed by atoms with Crippen LogP contribution in [0.3, 0.4) is 0 Å². The third-order valence-electron chi connectivity index (χ3n) is 2.13. The Labute approximate surface area is 96.2 Å². The molecule has 0 aliphatic carbocycles.